The number of benzene rings is 1. The van der Waals surface area contributed by atoms with Gasteiger partial charge in [0.25, 0.3) is 0 Å². The van der Waals surface area contributed by atoms with Crippen LogP contribution in [0.4, 0.5) is 5.69 Å². The number of nitrogens with zero attached hydrogens (tertiary/aromatic N) is 1. The van der Waals surface area contributed by atoms with Gasteiger partial charge in [-0.3, -0.25) is 0 Å². The van der Waals surface area contributed by atoms with Crippen LogP contribution in [0.5, 0.6) is 0 Å². The van der Waals surface area contributed by atoms with E-state index in [0.717, 1.165) is 43.6 Å². The second-order valence-electron chi connectivity index (χ2n) is 5.21. The smallest absolute Gasteiger partial charge is 0.0637 e. The third-order valence-corrected chi connectivity index (χ3v) is 4.33. The van der Waals surface area contributed by atoms with Crippen LogP contribution in [0.2, 0.25) is 0 Å². The van der Waals surface area contributed by atoms with Gasteiger partial charge in [0.2, 0.25) is 0 Å². The number of halogens is 1. The molecule has 0 saturated carbocycles. The Balaban J connectivity index is 3.08. The maximum absolute atomic E-state index is 5.31. The predicted octanol–water partition coefficient (Wildman–Crippen LogP) is 4.20. The largest absolute Gasteiger partial charge is 0.383 e. The van der Waals surface area contributed by atoms with Crippen LogP contribution in [-0.4, -0.2) is 32.8 Å². The molecule has 0 fully saturated rings. The monoisotopic (exact) mass is 356 g/mol. The lowest BCUT2D eigenvalue weighted by atomic mass is 10.1. The molecule has 4 heteroatoms. The zero-order valence-corrected chi connectivity index (χ0v) is 15.4. The van der Waals surface area contributed by atoms with Crippen LogP contribution < -0.4 is 10.2 Å². The Morgan fingerprint density at radius 3 is 2.52 bits per heavy atom. The summed E-state index contributed by atoms with van der Waals surface area (Å²) in [7, 11) is 1.77. The molecule has 1 rings (SSSR count). The number of anilines is 1. The quantitative estimate of drug-likeness (QED) is 0.679. The lowest BCUT2D eigenvalue weighted by Gasteiger charge is -2.34. The summed E-state index contributed by atoms with van der Waals surface area (Å²) in [4.78, 5) is 2.50. The molecule has 0 amide bonds. The van der Waals surface area contributed by atoms with E-state index < -0.39 is 0 Å². The fraction of sp³-hybridized carbons (Fsp3) is 0.647. The van der Waals surface area contributed by atoms with E-state index in [2.05, 4.69) is 65.1 Å². The molecular formula is C17H29BrN2O. The number of rotatable bonds is 10. The average molecular weight is 357 g/mol. The molecule has 120 valence electrons. The van der Waals surface area contributed by atoms with E-state index in [1.165, 1.54) is 11.3 Å². The van der Waals surface area contributed by atoms with Gasteiger partial charge in [0.1, 0.15) is 0 Å². The Bertz CT molecular complexity index is 408. The van der Waals surface area contributed by atoms with Crippen LogP contribution in [0.25, 0.3) is 0 Å². The lowest BCUT2D eigenvalue weighted by molar-refractivity contribution is 0.202. The van der Waals surface area contributed by atoms with Gasteiger partial charge in [-0.05, 0) is 43.1 Å². The first-order valence-corrected chi connectivity index (χ1v) is 8.71. The van der Waals surface area contributed by atoms with E-state index in [1.54, 1.807) is 7.11 Å². The van der Waals surface area contributed by atoms with E-state index >= 15 is 0 Å². The van der Waals surface area contributed by atoms with Crippen molar-refractivity contribution in [2.45, 2.75) is 46.2 Å². The normalized spacial score (nSPS) is 11.1. The molecule has 0 aromatic heterocycles. The molecule has 0 unspecified atom stereocenters. The zero-order chi connectivity index (χ0) is 15.7. The third-order valence-electron chi connectivity index (χ3n) is 3.84. The molecule has 0 heterocycles. The van der Waals surface area contributed by atoms with Crippen molar-refractivity contribution in [1.82, 2.24) is 5.32 Å². The van der Waals surface area contributed by atoms with Crippen LogP contribution >= 0.6 is 15.9 Å². The number of methoxy groups -OCH3 is 1. The van der Waals surface area contributed by atoms with Crippen molar-refractivity contribution in [2.75, 3.05) is 31.7 Å². The molecule has 0 bridgehead atoms. The van der Waals surface area contributed by atoms with E-state index in [-0.39, 0.29) is 0 Å². The molecule has 0 aliphatic heterocycles. The second kappa shape index (κ2) is 10.2. The zero-order valence-electron chi connectivity index (χ0n) is 13.8. The van der Waals surface area contributed by atoms with Crippen LogP contribution in [0.15, 0.2) is 22.7 Å². The van der Waals surface area contributed by atoms with Crippen molar-refractivity contribution < 1.29 is 4.74 Å². The first kappa shape index (κ1) is 18.5. The Kier molecular flexibility index (Phi) is 8.97. The van der Waals surface area contributed by atoms with E-state index in [1.807, 2.05) is 0 Å². The molecule has 1 aromatic carbocycles. The highest BCUT2D eigenvalue weighted by atomic mass is 79.9. The van der Waals surface area contributed by atoms with Gasteiger partial charge in [-0.15, -0.1) is 0 Å². The summed E-state index contributed by atoms with van der Waals surface area (Å²) in [5.41, 5.74) is 2.67. The van der Waals surface area contributed by atoms with Gasteiger partial charge in [-0.25, -0.2) is 0 Å². The van der Waals surface area contributed by atoms with Crippen LogP contribution in [-0.2, 0) is 11.3 Å². The summed E-state index contributed by atoms with van der Waals surface area (Å²) >= 11 is 3.59. The minimum absolute atomic E-state index is 0.557. The molecule has 3 nitrogen and oxygen atoms in total. The molecule has 0 aliphatic carbocycles. The summed E-state index contributed by atoms with van der Waals surface area (Å²) in [6.07, 6.45) is 2.30. The highest BCUT2D eigenvalue weighted by Crippen LogP contribution is 2.28. The predicted molar refractivity (Wildman–Crippen MR) is 95.1 cm³/mol. The minimum Gasteiger partial charge on any atom is -0.383 e. The van der Waals surface area contributed by atoms with Gasteiger partial charge in [-0.2, -0.15) is 0 Å². The fourth-order valence-corrected chi connectivity index (χ4v) is 3.06. The summed E-state index contributed by atoms with van der Waals surface area (Å²) in [6.45, 7) is 10.2. The molecule has 1 aromatic rings. The molecule has 1 N–H and O–H groups in total. The highest BCUT2D eigenvalue weighted by molar-refractivity contribution is 9.10. The summed E-state index contributed by atoms with van der Waals surface area (Å²) in [5.74, 6) is 0. The van der Waals surface area contributed by atoms with E-state index in [9.17, 15) is 0 Å². The van der Waals surface area contributed by atoms with Gasteiger partial charge in [0.15, 0.2) is 0 Å². The Labute approximate surface area is 138 Å². The average Bonchev–Trinajstić information content (AvgIpc) is 2.50. The number of hydrogen-bond donors (Lipinski definition) is 1. The van der Waals surface area contributed by atoms with Gasteiger partial charge in [0.05, 0.1) is 6.61 Å². The maximum atomic E-state index is 5.31. The van der Waals surface area contributed by atoms with E-state index in [4.69, 9.17) is 4.74 Å². The summed E-state index contributed by atoms with van der Waals surface area (Å²) in [5, 5.41) is 3.44. The lowest BCUT2D eigenvalue weighted by Crippen LogP contribution is -2.38. The van der Waals surface area contributed by atoms with Crippen LogP contribution in [0, 0.1) is 0 Å². The molecule has 0 saturated heterocycles. The summed E-state index contributed by atoms with van der Waals surface area (Å²) in [6, 6.07) is 7.14. The van der Waals surface area contributed by atoms with Gasteiger partial charge in [-0.1, -0.05) is 36.7 Å². The van der Waals surface area contributed by atoms with Crippen LogP contribution in [0.1, 0.15) is 39.2 Å². The first-order chi connectivity index (χ1) is 10.2. The van der Waals surface area contributed by atoms with Gasteiger partial charge < -0.3 is 15.0 Å². The molecule has 0 aliphatic rings. The Hall–Kier alpha value is -0.580. The standard InChI is InChI=1S/C17H29BrN2O/c1-5-16(6-2)20(10-11-21-4)17-9-8-15(18)12-14(17)13-19-7-3/h8-9,12,16,19H,5-7,10-11,13H2,1-4H3. The molecular weight excluding hydrogens is 328 g/mol. The van der Waals surface area contributed by atoms with Crippen molar-refractivity contribution in [3.63, 3.8) is 0 Å². The van der Waals surface area contributed by atoms with Gasteiger partial charge >= 0.3 is 0 Å². The number of nitrogens with one attached hydrogen (secondary N) is 1. The Morgan fingerprint density at radius 1 is 1.24 bits per heavy atom. The van der Waals surface area contributed by atoms with Crippen molar-refractivity contribution in [2.24, 2.45) is 0 Å². The van der Waals surface area contributed by atoms with Crippen molar-refractivity contribution in [3.8, 4) is 0 Å². The van der Waals surface area contributed by atoms with Crippen molar-refractivity contribution >= 4 is 21.6 Å². The highest BCUT2D eigenvalue weighted by Gasteiger charge is 2.18. The maximum Gasteiger partial charge on any atom is 0.0637 e. The SMILES string of the molecule is CCNCc1cc(Br)ccc1N(CCOC)C(CC)CC. The second-order valence-corrected chi connectivity index (χ2v) is 6.13. The van der Waals surface area contributed by atoms with Crippen molar-refractivity contribution in [3.05, 3.63) is 28.2 Å². The molecule has 0 radical (unpaired) electrons. The number of hydrogen-bond acceptors (Lipinski definition) is 3. The third kappa shape index (κ3) is 5.61. The molecule has 21 heavy (non-hydrogen) atoms. The summed E-state index contributed by atoms with van der Waals surface area (Å²) < 4.78 is 6.45. The number of ether oxygens (including phenoxy) is 1. The first-order valence-electron chi connectivity index (χ1n) is 7.92. The fourth-order valence-electron chi connectivity index (χ4n) is 2.65. The Morgan fingerprint density at radius 2 is 1.95 bits per heavy atom. The molecule has 0 spiro atoms. The molecule has 0 atom stereocenters. The van der Waals surface area contributed by atoms with Crippen molar-refractivity contribution in [1.29, 1.82) is 0 Å². The van der Waals surface area contributed by atoms with Gasteiger partial charge in [0, 0.05) is 36.4 Å². The van der Waals surface area contributed by atoms with E-state index in [0.29, 0.717) is 6.04 Å². The minimum atomic E-state index is 0.557. The van der Waals surface area contributed by atoms with Crippen LogP contribution in [0.3, 0.4) is 0 Å². The topological polar surface area (TPSA) is 24.5 Å².